The molecule has 3 heterocycles. The molecule has 2 saturated heterocycles. The molecule has 0 spiro atoms. The smallest absolute Gasteiger partial charge is 0.338 e. The van der Waals surface area contributed by atoms with Gasteiger partial charge in [0, 0.05) is 5.69 Å². The van der Waals surface area contributed by atoms with Gasteiger partial charge in [0.2, 0.25) is 11.8 Å². The van der Waals surface area contributed by atoms with E-state index in [9.17, 15) is 19.2 Å². The minimum absolute atomic E-state index is 0.144. The minimum atomic E-state index is -0.762. The predicted molar refractivity (Wildman–Crippen MR) is 123 cm³/mol. The number of ether oxygens (including phenoxy) is 1. The summed E-state index contributed by atoms with van der Waals surface area (Å²) in [5.41, 5.74) is 3.67. The zero-order valence-electron chi connectivity index (χ0n) is 18.6. The SMILES string of the molecule is CCOC(=O)c1ccc(N2C(=O)[C@@H]3[C@@H](C2=O)[C@H](C(C)=O)N2c4ccc(C)cc4C=C[C@H]32)cc1. The standard InChI is InChI=1S/C26H24N2O5/c1-4-33-26(32)16-6-9-18(10-7-16)27-24(30)21-20-12-8-17-13-14(2)5-11-19(17)28(20)23(15(3)29)22(21)25(27)31/h5-13,20-23H,4H2,1-3H3/t20-,21+,22-,23+/m1/s1. The Bertz CT molecular complexity index is 1220. The van der Waals surface area contributed by atoms with Crippen molar-refractivity contribution in [1.29, 1.82) is 0 Å². The van der Waals surface area contributed by atoms with Crippen LogP contribution in [-0.2, 0) is 19.1 Å². The molecular formula is C26H24N2O5. The molecule has 3 aliphatic rings. The molecule has 0 aromatic heterocycles. The van der Waals surface area contributed by atoms with Gasteiger partial charge in [-0.2, -0.15) is 0 Å². The number of carbonyl (C=O) groups excluding carboxylic acids is 4. The zero-order chi connectivity index (χ0) is 23.4. The molecule has 0 radical (unpaired) electrons. The van der Waals surface area contributed by atoms with Gasteiger partial charge in [0.15, 0.2) is 5.78 Å². The summed E-state index contributed by atoms with van der Waals surface area (Å²) in [4.78, 5) is 55.0. The van der Waals surface area contributed by atoms with Crippen molar-refractivity contribution in [3.63, 3.8) is 0 Å². The average Bonchev–Trinajstić information content (AvgIpc) is 3.27. The van der Waals surface area contributed by atoms with Crippen LogP contribution in [0.25, 0.3) is 6.08 Å². The molecule has 7 heteroatoms. The van der Waals surface area contributed by atoms with Crippen molar-refractivity contribution in [3.05, 3.63) is 65.2 Å². The number of ketones is 1. The minimum Gasteiger partial charge on any atom is -0.462 e. The molecule has 0 aliphatic carbocycles. The van der Waals surface area contributed by atoms with Crippen LogP contribution in [0.1, 0.15) is 35.3 Å². The normalized spacial score (nSPS) is 25.1. The van der Waals surface area contributed by atoms with Crippen molar-refractivity contribution in [3.8, 4) is 0 Å². The van der Waals surface area contributed by atoms with Crippen LogP contribution < -0.4 is 9.80 Å². The molecule has 0 N–H and O–H groups in total. The Morgan fingerprint density at radius 2 is 1.70 bits per heavy atom. The molecule has 3 aliphatic heterocycles. The molecule has 5 rings (SSSR count). The molecule has 2 aromatic rings. The third kappa shape index (κ3) is 3.10. The number of Topliss-reactive ketones (excluding diaryl/α,β-unsaturated/α-hetero) is 1. The van der Waals surface area contributed by atoms with E-state index >= 15 is 0 Å². The fraction of sp³-hybridized carbons (Fsp3) is 0.308. The number of carbonyl (C=O) groups is 4. The molecule has 33 heavy (non-hydrogen) atoms. The monoisotopic (exact) mass is 444 g/mol. The first kappa shape index (κ1) is 21.1. The maximum Gasteiger partial charge on any atom is 0.338 e. The number of hydrogen-bond donors (Lipinski definition) is 0. The van der Waals surface area contributed by atoms with Gasteiger partial charge < -0.3 is 9.64 Å². The van der Waals surface area contributed by atoms with Gasteiger partial charge in [0.25, 0.3) is 0 Å². The maximum absolute atomic E-state index is 13.6. The van der Waals surface area contributed by atoms with Crippen LogP contribution in [-0.4, -0.2) is 42.3 Å². The molecule has 7 nitrogen and oxygen atoms in total. The van der Waals surface area contributed by atoms with Gasteiger partial charge in [0.05, 0.1) is 35.7 Å². The second kappa shape index (κ2) is 7.69. The van der Waals surface area contributed by atoms with Crippen LogP contribution in [0, 0.1) is 18.8 Å². The highest BCUT2D eigenvalue weighted by Gasteiger charge is 2.63. The van der Waals surface area contributed by atoms with Gasteiger partial charge in [-0.1, -0.05) is 23.8 Å². The number of anilines is 2. The zero-order valence-corrected chi connectivity index (χ0v) is 18.6. The quantitative estimate of drug-likeness (QED) is 0.532. The summed E-state index contributed by atoms with van der Waals surface area (Å²) in [6.07, 6.45) is 3.90. The Kier molecular flexibility index (Phi) is 4.92. The van der Waals surface area contributed by atoms with Gasteiger partial charge in [-0.15, -0.1) is 0 Å². The molecular weight excluding hydrogens is 420 g/mol. The van der Waals surface area contributed by atoms with Gasteiger partial charge in [-0.25, -0.2) is 9.69 Å². The van der Waals surface area contributed by atoms with E-state index in [2.05, 4.69) is 0 Å². The molecule has 168 valence electrons. The molecule has 2 amide bonds. The van der Waals surface area contributed by atoms with Crippen molar-refractivity contribution in [2.24, 2.45) is 11.8 Å². The summed E-state index contributed by atoms with van der Waals surface area (Å²) in [6.45, 7) is 5.46. The van der Waals surface area contributed by atoms with Crippen molar-refractivity contribution in [1.82, 2.24) is 0 Å². The van der Waals surface area contributed by atoms with E-state index in [-0.39, 0.29) is 30.2 Å². The highest BCUT2D eigenvalue weighted by Crippen LogP contribution is 2.49. The number of imide groups is 1. The summed E-state index contributed by atoms with van der Waals surface area (Å²) in [6, 6.07) is 11.1. The molecule has 0 bridgehead atoms. The van der Waals surface area contributed by atoms with Crippen LogP contribution in [0.5, 0.6) is 0 Å². The Morgan fingerprint density at radius 1 is 1.00 bits per heavy atom. The van der Waals surface area contributed by atoms with E-state index < -0.39 is 23.8 Å². The predicted octanol–water partition coefficient (Wildman–Crippen LogP) is 3.15. The number of nitrogens with zero attached hydrogens (tertiary/aromatic N) is 2. The number of aryl methyl sites for hydroxylation is 1. The largest absolute Gasteiger partial charge is 0.462 e. The van der Waals surface area contributed by atoms with E-state index in [0.29, 0.717) is 11.3 Å². The number of benzene rings is 2. The van der Waals surface area contributed by atoms with Crippen LogP contribution >= 0.6 is 0 Å². The van der Waals surface area contributed by atoms with Crippen LogP contribution in [0.4, 0.5) is 11.4 Å². The van der Waals surface area contributed by atoms with Gasteiger partial charge in [-0.3, -0.25) is 14.4 Å². The van der Waals surface area contributed by atoms with Crippen molar-refractivity contribution in [2.75, 3.05) is 16.4 Å². The lowest BCUT2D eigenvalue weighted by Gasteiger charge is -2.36. The lowest BCUT2D eigenvalue weighted by Crippen LogP contribution is -2.48. The van der Waals surface area contributed by atoms with Gasteiger partial charge in [0.1, 0.15) is 6.04 Å². The number of hydrogen-bond acceptors (Lipinski definition) is 6. The summed E-state index contributed by atoms with van der Waals surface area (Å²) in [5.74, 6) is -2.73. The number of amides is 2. The highest BCUT2D eigenvalue weighted by atomic mass is 16.5. The van der Waals surface area contributed by atoms with E-state index in [1.54, 1.807) is 19.1 Å². The molecule has 4 atom stereocenters. The van der Waals surface area contributed by atoms with Gasteiger partial charge >= 0.3 is 5.97 Å². The summed E-state index contributed by atoms with van der Waals surface area (Å²) >= 11 is 0. The third-order valence-corrected chi connectivity index (χ3v) is 6.71. The summed E-state index contributed by atoms with van der Waals surface area (Å²) in [7, 11) is 0. The first-order chi connectivity index (χ1) is 15.8. The van der Waals surface area contributed by atoms with Crippen molar-refractivity contribution in [2.45, 2.75) is 32.9 Å². The third-order valence-electron chi connectivity index (χ3n) is 6.71. The van der Waals surface area contributed by atoms with E-state index in [4.69, 9.17) is 4.74 Å². The molecule has 0 saturated carbocycles. The lowest BCUT2D eigenvalue weighted by molar-refractivity contribution is -0.126. The fourth-order valence-electron chi connectivity index (χ4n) is 5.37. The van der Waals surface area contributed by atoms with Gasteiger partial charge in [-0.05, 0) is 62.7 Å². The van der Waals surface area contributed by atoms with E-state index in [1.165, 1.54) is 19.1 Å². The van der Waals surface area contributed by atoms with E-state index in [0.717, 1.165) is 21.7 Å². The summed E-state index contributed by atoms with van der Waals surface area (Å²) in [5, 5.41) is 0. The highest BCUT2D eigenvalue weighted by molar-refractivity contribution is 6.24. The molecule has 0 unspecified atom stereocenters. The second-order valence-corrected chi connectivity index (χ2v) is 8.71. The summed E-state index contributed by atoms with van der Waals surface area (Å²) < 4.78 is 4.99. The molecule has 2 aromatic carbocycles. The lowest BCUT2D eigenvalue weighted by atomic mass is 9.88. The Balaban J connectivity index is 1.52. The first-order valence-corrected chi connectivity index (χ1v) is 11.1. The molecule has 2 fully saturated rings. The topological polar surface area (TPSA) is 84.0 Å². The number of rotatable bonds is 4. The second-order valence-electron chi connectivity index (χ2n) is 8.71. The maximum atomic E-state index is 13.6. The number of esters is 1. The Hall–Kier alpha value is -3.74. The Morgan fingerprint density at radius 3 is 2.36 bits per heavy atom. The van der Waals surface area contributed by atoms with Crippen molar-refractivity contribution < 1.29 is 23.9 Å². The number of fused-ring (bicyclic) bond motifs is 5. The van der Waals surface area contributed by atoms with Crippen LogP contribution in [0.3, 0.4) is 0 Å². The van der Waals surface area contributed by atoms with E-state index in [1.807, 2.05) is 42.2 Å². The first-order valence-electron chi connectivity index (χ1n) is 11.1. The Labute approximate surface area is 191 Å². The van der Waals surface area contributed by atoms with Crippen molar-refractivity contribution >= 4 is 41.0 Å². The van der Waals surface area contributed by atoms with Crippen LogP contribution in [0.2, 0.25) is 0 Å². The fourth-order valence-corrected chi connectivity index (χ4v) is 5.37. The average molecular weight is 444 g/mol. The van der Waals surface area contributed by atoms with Crippen LogP contribution in [0.15, 0.2) is 48.5 Å².